The van der Waals surface area contributed by atoms with Gasteiger partial charge >= 0.3 is 0 Å². The minimum atomic E-state index is 0.579. The van der Waals surface area contributed by atoms with Crippen molar-refractivity contribution >= 4 is 17.7 Å². The third-order valence-electron chi connectivity index (χ3n) is 3.79. The van der Waals surface area contributed by atoms with E-state index in [0.29, 0.717) is 12.6 Å². The molecule has 0 aliphatic carbocycles. The molecule has 3 aromatic rings. The molecule has 24 heavy (non-hydrogen) atoms. The molecule has 2 aromatic carbocycles. The summed E-state index contributed by atoms with van der Waals surface area (Å²) in [6.07, 6.45) is 6.84. The van der Waals surface area contributed by atoms with Crippen LogP contribution in [0.3, 0.4) is 0 Å². The fourth-order valence-electron chi connectivity index (χ4n) is 2.64. The molecule has 1 aliphatic rings. The summed E-state index contributed by atoms with van der Waals surface area (Å²) in [6, 6.07) is 18.1. The van der Waals surface area contributed by atoms with Crippen LogP contribution in [0.2, 0.25) is 0 Å². The van der Waals surface area contributed by atoms with E-state index in [2.05, 4.69) is 39.6 Å². The maximum atomic E-state index is 5.84. The molecule has 4 nitrogen and oxygen atoms in total. The summed E-state index contributed by atoms with van der Waals surface area (Å²) >= 11 is 0. The minimum absolute atomic E-state index is 0.579. The van der Waals surface area contributed by atoms with E-state index in [1.165, 1.54) is 0 Å². The predicted molar refractivity (Wildman–Crippen MR) is 96.3 cm³/mol. The van der Waals surface area contributed by atoms with Crippen molar-refractivity contribution in [3.05, 3.63) is 72.4 Å². The van der Waals surface area contributed by atoms with Gasteiger partial charge in [0, 0.05) is 17.4 Å². The van der Waals surface area contributed by atoms with Crippen molar-refractivity contribution in [2.45, 2.75) is 6.42 Å². The number of aromatic nitrogens is 2. The Morgan fingerprint density at radius 3 is 2.96 bits per heavy atom. The Morgan fingerprint density at radius 2 is 1.96 bits per heavy atom. The molecule has 2 heterocycles. The van der Waals surface area contributed by atoms with Gasteiger partial charge in [-0.3, -0.25) is 0 Å². The van der Waals surface area contributed by atoms with Crippen molar-refractivity contribution in [2.24, 2.45) is 0 Å². The van der Waals surface area contributed by atoms with Crippen molar-refractivity contribution in [2.75, 3.05) is 11.9 Å². The van der Waals surface area contributed by atoms with Crippen molar-refractivity contribution in [1.29, 1.82) is 0 Å². The van der Waals surface area contributed by atoms with Crippen LogP contribution in [0, 0.1) is 0 Å². The lowest BCUT2D eigenvalue weighted by Gasteiger charge is -2.08. The van der Waals surface area contributed by atoms with Crippen molar-refractivity contribution < 1.29 is 4.74 Å². The van der Waals surface area contributed by atoms with E-state index in [1.54, 1.807) is 6.20 Å². The number of nitrogens with zero attached hydrogens (tertiary/aromatic N) is 2. The average molecular weight is 315 g/mol. The first-order chi connectivity index (χ1) is 11.9. The number of nitrogens with one attached hydrogen (secondary N) is 1. The smallest absolute Gasteiger partial charge is 0.227 e. The lowest BCUT2D eigenvalue weighted by molar-refractivity contribution is 0.325. The zero-order chi connectivity index (χ0) is 16.2. The first kappa shape index (κ1) is 14.5. The second kappa shape index (κ2) is 6.54. The van der Waals surface area contributed by atoms with Crippen LogP contribution in [-0.2, 0) is 0 Å². The number of benzene rings is 2. The number of hydrogen-bond acceptors (Lipinski definition) is 4. The Bertz CT molecular complexity index is 889. The maximum absolute atomic E-state index is 5.84. The highest BCUT2D eigenvalue weighted by Gasteiger charge is 2.05. The number of anilines is 2. The maximum Gasteiger partial charge on any atom is 0.227 e. The summed E-state index contributed by atoms with van der Waals surface area (Å²) in [5.74, 6) is 1.43. The van der Waals surface area contributed by atoms with Gasteiger partial charge in [-0.05, 0) is 42.3 Å². The van der Waals surface area contributed by atoms with Crippen molar-refractivity contribution in [1.82, 2.24) is 9.97 Å². The number of rotatable bonds is 0. The van der Waals surface area contributed by atoms with Crippen molar-refractivity contribution in [3.8, 4) is 17.0 Å². The van der Waals surface area contributed by atoms with Gasteiger partial charge < -0.3 is 10.1 Å². The lowest BCUT2D eigenvalue weighted by Crippen LogP contribution is -1.98. The van der Waals surface area contributed by atoms with Crippen LogP contribution in [0.4, 0.5) is 11.6 Å². The second-order valence-electron chi connectivity index (χ2n) is 5.58. The summed E-state index contributed by atoms with van der Waals surface area (Å²) in [4.78, 5) is 8.93. The topological polar surface area (TPSA) is 47.0 Å². The standard InChI is InChI=1S/C20H17N3O/c1-2-12-24-18-9-4-7-16(14-18)19-10-11-21-20(23-19)22-17-8-3-6-15(5-1)13-17/h1,3-11,13-14H,2,12H2,(H,21,22,23). The molecule has 0 spiro atoms. The van der Waals surface area contributed by atoms with Gasteiger partial charge in [-0.15, -0.1) is 0 Å². The monoisotopic (exact) mass is 315 g/mol. The molecule has 4 heteroatoms. The predicted octanol–water partition coefficient (Wildman–Crippen LogP) is 4.68. The first-order valence-electron chi connectivity index (χ1n) is 7.97. The number of ether oxygens (including phenoxy) is 1. The molecular weight excluding hydrogens is 298 g/mol. The molecule has 0 unspecified atom stereocenters. The molecule has 1 N–H and O–H groups in total. The van der Waals surface area contributed by atoms with E-state index in [-0.39, 0.29) is 0 Å². The van der Waals surface area contributed by atoms with Crippen LogP contribution in [-0.4, -0.2) is 16.6 Å². The zero-order valence-corrected chi connectivity index (χ0v) is 13.1. The molecule has 0 fully saturated rings. The van der Waals surface area contributed by atoms with Gasteiger partial charge in [0.1, 0.15) is 5.75 Å². The largest absolute Gasteiger partial charge is 0.493 e. The van der Waals surface area contributed by atoms with E-state index in [0.717, 1.165) is 34.7 Å². The molecule has 6 bridgehead atoms. The lowest BCUT2D eigenvalue weighted by atomic mass is 10.1. The Hall–Kier alpha value is -3.14. The minimum Gasteiger partial charge on any atom is -0.493 e. The van der Waals surface area contributed by atoms with Gasteiger partial charge in [0.15, 0.2) is 0 Å². The highest BCUT2D eigenvalue weighted by molar-refractivity contribution is 5.65. The first-order valence-corrected chi connectivity index (χ1v) is 7.97. The summed E-state index contributed by atoms with van der Waals surface area (Å²) in [5, 5.41) is 3.27. The van der Waals surface area contributed by atoms with Gasteiger partial charge in [-0.2, -0.15) is 0 Å². The highest BCUT2D eigenvalue weighted by atomic mass is 16.5. The van der Waals surface area contributed by atoms with Crippen LogP contribution < -0.4 is 10.1 Å². The molecule has 0 atom stereocenters. The summed E-state index contributed by atoms with van der Waals surface area (Å²) in [7, 11) is 0. The Labute approximate surface area is 140 Å². The summed E-state index contributed by atoms with van der Waals surface area (Å²) in [5.41, 5.74) is 3.97. The van der Waals surface area contributed by atoms with Crippen LogP contribution >= 0.6 is 0 Å². The van der Waals surface area contributed by atoms with Gasteiger partial charge in [0.25, 0.3) is 0 Å². The Kier molecular flexibility index (Phi) is 3.94. The average Bonchev–Trinajstić information content (AvgIpc) is 2.62. The van der Waals surface area contributed by atoms with Crippen LogP contribution in [0.5, 0.6) is 5.75 Å². The third kappa shape index (κ3) is 3.27. The molecule has 1 aliphatic heterocycles. The molecule has 0 amide bonds. The van der Waals surface area contributed by atoms with Gasteiger partial charge in [0.05, 0.1) is 12.3 Å². The Balaban J connectivity index is 1.77. The molecule has 0 saturated carbocycles. The highest BCUT2D eigenvalue weighted by Crippen LogP contribution is 2.24. The SMILES string of the molecule is C1=Cc2cccc(c2)Nc2nccc(n2)-c2cccc(c2)OCC1. The fourth-order valence-corrected chi connectivity index (χ4v) is 2.64. The van der Waals surface area contributed by atoms with E-state index >= 15 is 0 Å². The number of fused-ring (bicyclic) bond motifs is 7. The fraction of sp³-hybridized carbons (Fsp3) is 0.100. The molecule has 0 saturated heterocycles. The molecule has 1 aromatic heterocycles. The Morgan fingerprint density at radius 1 is 1.00 bits per heavy atom. The molecule has 0 radical (unpaired) electrons. The van der Waals surface area contributed by atoms with E-state index in [1.807, 2.05) is 42.5 Å². The van der Waals surface area contributed by atoms with Crippen LogP contribution in [0.25, 0.3) is 17.3 Å². The van der Waals surface area contributed by atoms with Gasteiger partial charge in [-0.1, -0.05) is 36.4 Å². The zero-order valence-electron chi connectivity index (χ0n) is 13.1. The van der Waals surface area contributed by atoms with E-state index < -0.39 is 0 Å². The van der Waals surface area contributed by atoms with E-state index in [9.17, 15) is 0 Å². The summed E-state index contributed by atoms with van der Waals surface area (Å²) in [6.45, 7) is 0.646. The van der Waals surface area contributed by atoms with Crippen LogP contribution in [0.1, 0.15) is 12.0 Å². The molecular formula is C20H17N3O. The van der Waals surface area contributed by atoms with Gasteiger partial charge in [-0.25, -0.2) is 9.97 Å². The normalized spacial score (nSPS) is 13.2. The quantitative estimate of drug-likeness (QED) is 0.654. The summed E-state index contributed by atoms with van der Waals surface area (Å²) < 4.78 is 5.84. The second-order valence-corrected chi connectivity index (χ2v) is 5.58. The molecule has 4 rings (SSSR count). The van der Waals surface area contributed by atoms with Gasteiger partial charge in [0.2, 0.25) is 5.95 Å². The van der Waals surface area contributed by atoms with Crippen molar-refractivity contribution in [3.63, 3.8) is 0 Å². The molecule has 118 valence electrons. The third-order valence-corrected chi connectivity index (χ3v) is 3.79. The number of hydrogen-bond donors (Lipinski definition) is 1. The van der Waals surface area contributed by atoms with E-state index in [4.69, 9.17) is 4.74 Å². The van der Waals surface area contributed by atoms with Crippen LogP contribution in [0.15, 0.2) is 66.9 Å².